The lowest BCUT2D eigenvalue weighted by molar-refractivity contribution is 0.279. The van der Waals surface area contributed by atoms with Gasteiger partial charge < -0.3 is 11.1 Å². The van der Waals surface area contributed by atoms with Crippen molar-refractivity contribution in [1.29, 1.82) is 0 Å². The summed E-state index contributed by atoms with van der Waals surface area (Å²) in [5, 5.41) is 3.29. The van der Waals surface area contributed by atoms with Gasteiger partial charge in [-0.3, -0.25) is 9.89 Å². The summed E-state index contributed by atoms with van der Waals surface area (Å²) < 4.78 is 13.8. The molecule has 2 unspecified atom stereocenters. The zero-order chi connectivity index (χ0) is 16.8. The molecule has 3 N–H and O–H groups in total. The van der Waals surface area contributed by atoms with Gasteiger partial charge in [0.05, 0.1) is 5.02 Å². The monoisotopic (exact) mass is 468 g/mol. The van der Waals surface area contributed by atoms with Gasteiger partial charge in [-0.2, -0.15) is 0 Å². The third-order valence-electron chi connectivity index (χ3n) is 4.39. The first-order valence-electron chi connectivity index (χ1n) is 8.22. The predicted octanol–water partition coefficient (Wildman–Crippen LogP) is 3.79. The van der Waals surface area contributed by atoms with Crippen LogP contribution in [0, 0.1) is 11.7 Å². The fourth-order valence-electron chi connectivity index (χ4n) is 3.11. The smallest absolute Gasteiger partial charge is 0.188 e. The number of guanidine groups is 1. The lowest BCUT2D eigenvalue weighted by atomic mass is 9.94. The van der Waals surface area contributed by atoms with Crippen LogP contribution in [0.15, 0.2) is 23.2 Å². The summed E-state index contributed by atoms with van der Waals surface area (Å²) in [6.07, 6.45) is 3.23. The normalized spacial score (nSPS) is 21.6. The van der Waals surface area contributed by atoms with Crippen LogP contribution in [0.5, 0.6) is 0 Å². The molecule has 1 aromatic rings. The van der Waals surface area contributed by atoms with Crippen LogP contribution in [0.4, 0.5) is 4.39 Å². The number of aliphatic imine (C=N–C) groups is 1. The number of benzene rings is 1. The highest BCUT2D eigenvalue weighted by Crippen LogP contribution is 2.37. The average Bonchev–Trinajstić information content (AvgIpc) is 2.89. The Morgan fingerprint density at radius 2 is 2.25 bits per heavy atom. The van der Waals surface area contributed by atoms with Crippen LogP contribution >= 0.6 is 35.6 Å². The molecule has 1 heterocycles. The lowest BCUT2D eigenvalue weighted by Crippen LogP contribution is -2.33. The molecule has 2 rings (SSSR count). The molecule has 0 spiro atoms. The number of hydrogen-bond donors (Lipinski definition) is 2. The van der Waals surface area contributed by atoms with E-state index in [1.54, 1.807) is 6.07 Å². The van der Waals surface area contributed by atoms with Crippen molar-refractivity contribution < 1.29 is 4.39 Å². The maximum absolute atomic E-state index is 13.8. The minimum Gasteiger partial charge on any atom is -0.370 e. The average molecular weight is 469 g/mol. The van der Waals surface area contributed by atoms with E-state index in [0.717, 1.165) is 37.9 Å². The largest absolute Gasteiger partial charge is 0.370 e. The lowest BCUT2D eigenvalue weighted by Gasteiger charge is -2.25. The zero-order valence-corrected chi connectivity index (χ0v) is 17.4. The molecule has 1 fully saturated rings. The van der Waals surface area contributed by atoms with Crippen molar-refractivity contribution >= 4 is 41.5 Å². The summed E-state index contributed by atoms with van der Waals surface area (Å²) in [6.45, 7) is 4.60. The van der Waals surface area contributed by atoms with Crippen LogP contribution < -0.4 is 11.1 Å². The number of nitrogens with zero attached hydrogens (tertiary/aromatic N) is 2. The van der Waals surface area contributed by atoms with Crippen LogP contribution in [0.2, 0.25) is 5.02 Å². The molecule has 24 heavy (non-hydrogen) atoms. The maximum atomic E-state index is 13.8. The summed E-state index contributed by atoms with van der Waals surface area (Å²) in [7, 11) is 2.06. The second-order valence-electron chi connectivity index (χ2n) is 6.15. The van der Waals surface area contributed by atoms with E-state index in [9.17, 15) is 4.39 Å². The Morgan fingerprint density at radius 1 is 1.50 bits per heavy atom. The summed E-state index contributed by atoms with van der Waals surface area (Å²) >= 11 is 5.79. The summed E-state index contributed by atoms with van der Waals surface area (Å²) in [5.74, 6) is 0.452. The quantitative estimate of drug-likeness (QED) is 0.289. The molecule has 1 aliphatic rings. The first-order chi connectivity index (χ1) is 11.0. The van der Waals surface area contributed by atoms with Gasteiger partial charge >= 0.3 is 0 Å². The van der Waals surface area contributed by atoms with Gasteiger partial charge in [-0.1, -0.05) is 31.0 Å². The fourth-order valence-corrected chi connectivity index (χ4v) is 3.22. The van der Waals surface area contributed by atoms with Gasteiger partial charge in [-0.05, 0) is 50.0 Å². The summed E-state index contributed by atoms with van der Waals surface area (Å²) in [4.78, 5) is 6.70. The van der Waals surface area contributed by atoms with E-state index >= 15 is 0 Å². The molecular weight excluding hydrogens is 442 g/mol. The first-order valence-corrected chi connectivity index (χ1v) is 8.59. The van der Waals surface area contributed by atoms with Crippen LogP contribution in [-0.4, -0.2) is 37.5 Å². The summed E-state index contributed by atoms with van der Waals surface area (Å²) in [5.41, 5.74) is 6.85. The maximum Gasteiger partial charge on any atom is 0.188 e. The van der Waals surface area contributed by atoms with E-state index in [1.807, 2.05) is 6.07 Å². The Kier molecular flexibility index (Phi) is 9.30. The molecule has 136 valence electrons. The number of nitrogens with two attached hydrogens (primary N) is 1. The Bertz CT molecular complexity index is 555. The van der Waals surface area contributed by atoms with E-state index in [1.165, 1.54) is 6.07 Å². The number of unbranched alkanes of at least 4 members (excludes halogenated alkanes) is 1. The van der Waals surface area contributed by atoms with Crippen LogP contribution in [0.25, 0.3) is 0 Å². The van der Waals surface area contributed by atoms with Crippen molar-refractivity contribution in [3.63, 3.8) is 0 Å². The molecule has 1 aliphatic heterocycles. The van der Waals surface area contributed by atoms with E-state index in [4.69, 9.17) is 17.3 Å². The second kappa shape index (κ2) is 10.4. The molecule has 7 heteroatoms. The number of likely N-dealkylation sites (tertiary alicyclic amines) is 1. The highest BCUT2D eigenvalue weighted by molar-refractivity contribution is 14.0. The highest BCUT2D eigenvalue weighted by Gasteiger charge is 2.33. The molecule has 0 aromatic heterocycles. The Hall–Kier alpha value is -0.600. The van der Waals surface area contributed by atoms with Gasteiger partial charge in [0.1, 0.15) is 5.82 Å². The third-order valence-corrected chi connectivity index (χ3v) is 4.70. The molecule has 0 saturated carbocycles. The van der Waals surface area contributed by atoms with Gasteiger partial charge in [0.2, 0.25) is 0 Å². The number of halogens is 3. The molecule has 0 radical (unpaired) electrons. The minimum absolute atomic E-state index is 0. The fraction of sp³-hybridized carbons (Fsp3) is 0.588. The predicted molar refractivity (Wildman–Crippen MR) is 110 cm³/mol. The highest BCUT2D eigenvalue weighted by atomic mass is 127. The first kappa shape index (κ1) is 21.4. The molecule has 2 atom stereocenters. The van der Waals surface area contributed by atoms with E-state index in [2.05, 4.69) is 29.2 Å². The number of rotatable bonds is 6. The van der Waals surface area contributed by atoms with Crippen molar-refractivity contribution in [2.45, 2.75) is 32.2 Å². The Morgan fingerprint density at radius 3 is 2.92 bits per heavy atom. The van der Waals surface area contributed by atoms with Gasteiger partial charge in [0, 0.05) is 19.1 Å². The van der Waals surface area contributed by atoms with Crippen molar-refractivity contribution in [2.24, 2.45) is 16.6 Å². The van der Waals surface area contributed by atoms with Crippen molar-refractivity contribution in [1.82, 2.24) is 10.2 Å². The van der Waals surface area contributed by atoms with Gasteiger partial charge in [-0.25, -0.2) is 4.39 Å². The molecule has 0 amide bonds. The van der Waals surface area contributed by atoms with Crippen LogP contribution in [0.3, 0.4) is 0 Å². The van der Waals surface area contributed by atoms with Crippen molar-refractivity contribution in [3.05, 3.63) is 34.6 Å². The SMILES string of the molecule is CCCCNC(N)=NCC1CCN(C)C1c1ccc(Cl)c(F)c1.I. The minimum atomic E-state index is -0.368. The zero-order valence-electron chi connectivity index (χ0n) is 14.3. The Labute approximate surface area is 166 Å². The van der Waals surface area contributed by atoms with Gasteiger partial charge in [0.25, 0.3) is 0 Å². The Balaban J connectivity index is 0.00000288. The topological polar surface area (TPSA) is 53.6 Å². The van der Waals surface area contributed by atoms with Crippen molar-refractivity contribution in [2.75, 3.05) is 26.7 Å². The van der Waals surface area contributed by atoms with Crippen molar-refractivity contribution in [3.8, 4) is 0 Å². The standard InChI is InChI=1S/C17H26ClFN4.HI/c1-3-4-8-21-17(20)22-11-13-7-9-23(2)16(13)12-5-6-14(18)15(19)10-12;/h5-6,10,13,16H,3-4,7-9,11H2,1-2H3,(H3,20,21,22);1H. The molecule has 4 nitrogen and oxygen atoms in total. The summed E-state index contributed by atoms with van der Waals surface area (Å²) in [6, 6.07) is 5.21. The molecule has 0 aliphatic carbocycles. The molecule has 1 aromatic carbocycles. The second-order valence-corrected chi connectivity index (χ2v) is 6.56. The number of hydrogen-bond acceptors (Lipinski definition) is 2. The molecule has 0 bridgehead atoms. The third kappa shape index (κ3) is 5.74. The van der Waals surface area contributed by atoms with E-state index in [0.29, 0.717) is 18.4 Å². The molecular formula is C17H27ClFIN4. The van der Waals surface area contributed by atoms with Crippen LogP contribution in [0.1, 0.15) is 37.8 Å². The van der Waals surface area contributed by atoms with E-state index < -0.39 is 0 Å². The van der Waals surface area contributed by atoms with E-state index in [-0.39, 0.29) is 40.9 Å². The van der Waals surface area contributed by atoms with Gasteiger partial charge in [-0.15, -0.1) is 24.0 Å². The molecule has 1 saturated heterocycles. The van der Waals surface area contributed by atoms with Gasteiger partial charge in [0.15, 0.2) is 5.96 Å². The number of nitrogens with one attached hydrogen (secondary N) is 1. The van der Waals surface area contributed by atoms with Crippen LogP contribution in [-0.2, 0) is 0 Å².